The second kappa shape index (κ2) is 9.05. The monoisotopic (exact) mass is 468 g/mol. The third kappa shape index (κ3) is 5.03. The van der Waals surface area contributed by atoms with Gasteiger partial charge in [0.2, 0.25) is 5.91 Å². The quantitative estimate of drug-likeness (QED) is 0.520. The molecular formula is C20H15Cl3N2O3S. The molecule has 0 bridgehead atoms. The van der Waals surface area contributed by atoms with Crippen LogP contribution in [0.5, 0.6) is 0 Å². The smallest absolute Gasteiger partial charge is 0.264 e. The first-order valence-electron chi connectivity index (χ1n) is 8.36. The van der Waals surface area contributed by atoms with Gasteiger partial charge in [-0.3, -0.25) is 9.10 Å². The lowest BCUT2D eigenvalue weighted by Crippen LogP contribution is -2.38. The highest BCUT2D eigenvalue weighted by molar-refractivity contribution is 7.92. The van der Waals surface area contributed by atoms with Crippen LogP contribution >= 0.6 is 34.8 Å². The van der Waals surface area contributed by atoms with Crippen LogP contribution in [0, 0.1) is 0 Å². The number of hydrogen-bond donors (Lipinski definition) is 1. The van der Waals surface area contributed by atoms with E-state index in [9.17, 15) is 13.2 Å². The number of amides is 1. The first-order chi connectivity index (χ1) is 13.8. The molecule has 1 amide bonds. The fourth-order valence-electron chi connectivity index (χ4n) is 2.58. The Balaban J connectivity index is 2.00. The molecule has 0 atom stereocenters. The van der Waals surface area contributed by atoms with Crippen molar-refractivity contribution in [3.8, 4) is 0 Å². The molecule has 3 aromatic carbocycles. The van der Waals surface area contributed by atoms with Gasteiger partial charge in [0.15, 0.2) is 0 Å². The van der Waals surface area contributed by atoms with Gasteiger partial charge in [0.05, 0.1) is 26.3 Å². The lowest BCUT2D eigenvalue weighted by atomic mass is 10.3. The van der Waals surface area contributed by atoms with Crippen molar-refractivity contribution in [2.24, 2.45) is 0 Å². The Hall–Kier alpha value is -2.25. The van der Waals surface area contributed by atoms with Gasteiger partial charge in [0, 0.05) is 5.02 Å². The molecule has 0 aromatic heterocycles. The fraction of sp³-hybridized carbons (Fsp3) is 0.0500. The van der Waals surface area contributed by atoms with Gasteiger partial charge in [-0.2, -0.15) is 0 Å². The summed E-state index contributed by atoms with van der Waals surface area (Å²) in [7, 11) is -4.09. The number of para-hydroxylation sites is 1. The summed E-state index contributed by atoms with van der Waals surface area (Å²) in [5.41, 5.74) is 0.464. The van der Waals surface area contributed by atoms with Crippen molar-refractivity contribution in [3.05, 3.63) is 87.9 Å². The van der Waals surface area contributed by atoms with Crippen LogP contribution in [0.4, 0.5) is 11.4 Å². The number of carbonyl (C=O) groups is 1. The van der Waals surface area contributed by atoms with Gasteiger partial charge >= 0.3 is 0 Å². The number of carbonyl (C=O) groups excluding carboxylic acids is 1. The molecule has 0 radical (unpaired) electrons. The molecule has 0 spiro atoms. The molecule has 0 aliphatic heterocycles. The third-order valence-corrected chi connectivity index (χ3v) is 6.60. The number of hydrogen-bond acceptors (Lipinski definition) is 3. The topological polar surface area (TPSA) is 66.5 Å². The summed E-state index contributed by atoms with van der Waals surface area (Å²) in [6.45, 7) is -0.525. The van der Waals surface area contributed by atoms with Crippen molar-refractivity contribution in [2.45, 2.75) is 4.90 Å². The van der Waals surface area contributed by atoms with Crippen LogP contribution in [0.1, 0.15) is 0 Å². The van der Waals surface area contributed by atoms with E-state index >= 15 is 0 Å². The summed E-state index contributed by atoms with van der Waals surface area (Å²) in [5.74, 6) is -0.589. The summed E-state index contributed by atoms with van der Waals surface area (Å²) in [6.07, 6.45) is 0. The average Bonchev–Trinajstić information content (AvgIpc) is 2.70. The molecule has 0 fully saturated rings. The first kappa shape index (κ1) is 21.5. The SMILES string of the molecule is O=C(CN(c1cc(Cl)ccc1Cl)S(=O)(=O)c1ccccc1)Nc1ccccc1Cl. The van der Waals surface area contributed by atoms with E-state index in [1.807, 2.05) is 0 Å². The van der Waals surface area contributed by atoms with E-state index in [2.05, 4.69) is 5.32 Å². The van der Waals surface area contributed by atoms with Gasteiger partial charge in [0.1, 0.15) is 6.54 Å². The van der Waals surface area contributed by atoms with Crippen molar-refractivity contribution in [3.63, 3.8) is 0 Å². The number of sulfonamides is 1. The summed E-state index contributed by atoms with van der Waals surface area (Å²) in [4.78, 5) is 12.7. The number of rotatable bonds is 6. The van der Waals surface area contributed by atoms with Crippen LogP contribution in [0.2, 0.25) is 15.1 Å². The third-order valence-electron chi connectivity index (χ3n) is 3.94. The van der Waals surface area contributed by atoms with Gasteiger partial charge in [-0.15, -0.1) is 0 Å². The van der Waals surface area contributed by atoms with E-state index in [4.69, 9.17) is 34.8 Å². The Morgan fingerprint density at radius 3 is 2.21 bits per heavy atom. The average molecular weight is 470 g/mol. The lowest BCUT2D eigenvalue weighted by molar-refractivity contribution is -0.114. The number of halogens is 3. The minimum atomic E-state index is -4.09. The van der Waals surface area contributed by atoms with Crippen molar-refractivity contribution >= 4 is 62.1 Å². The van der Waals surface area contributed by atoms with Gasteiger partial charge in [0.25, 0.3) is 10.0 Å². The molecule has 3 aromatic rings. The van der Waals surface area contributed by atoms with E-state index in [1.54, 1.807) is 42.5 Å². The van der Waals surface area contributed by atoms with Gasteiger partial charge < -0.3 is 5.32 Å². The molecule has 0 unspecified atom stereocenters. The fourth-order valence-corrected chi connectivity index (χ4v) is 4.65. The molecule has 9 heteroatoms. The zero-order chi connectivity index (χ0) is 21.0. The molecule has 5 nitrogen and oxygen atoms in total. The molecular weight excluding hydrogens is 455 g/mol. The van der Waals surface area contributed by atoms with Crippen molar-refractivity contribution in [1.82, 2.24) is 0 Å². The Morgan fingerprint density at radius 2 is 1.52 bits per heavy atom. The highest BCUT2D eigenvalue weighted by Crippen LogP contribution is 2.33. The molecule has 150 valence electrons. The summed E-state index contributed by atoms with van der Waals surface area (Å²) in [6, 6.07) is 18.8. The summed E-state index contributed by atoms with van der Waals surface area (Å²) >= 11 is 18.4. The van der Waals surface area contributed by atoms with Crippen molar-refractivity contribution < 1.29 is 13.2 Å². The van der Waals surface area contributed by atoms with Crippen molar-refractivity contribution in [2.75, 3.05) is 16.2 Å². The minimum Gasteiger partial charge on any atom is -0.323 e. The molecule has 0 aliphatic carbocycles. The molecule has 0 aliphatic rings. The normalized spacial score (nSPS) is 11.1. The number of nitrogens with zero attached hydrogens (tertiary/aromatic N) is 1. The van der Waals surface area contributed by atoms with Crippen LogP contribution < -0.4 is 9.62 Å². The molecule has 0 saturated carbocycles. The zero-order valence-corrected chi connectivity index (χ0v) is 17.9. The standard InChI is InChI=1S/C20H15Cl3N2O3S/c21-14-10-11-17(23)19(12-14)25(29(27,28)15-6-2-1-3-7-15)13-20(26)24-18-9-5-4-8-16(18)22/h1-12H,13H2,(H,24,26). The maximum absolute atomic E-state index is 13.3. The van der Waals surface area contributed by atoms with E-state index in [0.717, 1.165) is 4.31 Å². The largest absolute Gasteiger partial charge is 0.323 e. The van der Waals surface area contributed by atoms with E-state index < -0.39 is 22.5 Å². The Labute approximate surface area is 183 Å². The van der Waals surface area contributed by atoms with Crippen LogP contribution in [0.25, 0.3) is 0 Å². The van der Waals surface area contributed by atoms with E-state index in [0.29, 0.717) is 10.7 Å². The second-order valence-corrected chi connectivity index (χ2v) is 9.06. The molecule has 0 heterocycles. The number of anilines is 2. The van der Waals surface area contributed by atoms with E-state index in [1.165, 1.54) is 30.3 Å². The van der Waals surface area contributed by atoms with Crippen LogP contribution in [0.15, 0.2) is 77.7 Å². The van der Waals surface area contributed by atoms with Crippen LogP contribution in [-0.2, 0) is 14.8 Å². The van der Waals surface area contributed by atoms with Crippen LogP contribution in [0.3, 0.4) is 0 Å². The maximum Gasteiger partial charge on any atom is 0.264 e. The first-order valence-corrected chi connectivity index (χ1v) is 10.9. The summed E-state index contributed by atoms with van der Waals surface area (Å²) in [5, 5.41) is 3.37. The number of benzene rings is 3. The van der Waals surface area contributed by atoms with Gasteiger partial charge in [-0.05, 0) is 42.5 Å². The van der Waals surface area contributed by atoms with E-state index in [-0.39, 0.29) is 20.6 Å². The highest BCUT2D eigenvalue weighted by Gasteiger charge is 2.29. The Bertz CT molecular complexity index is 1140. The molecule has 29 heavy (non-hydrogen) atoms. The maximum atomic E-state index is 13.3. The second-order valence-electron chi connectivity index (χ2n) is 5.95. The Morgan fingerprint density at radius 1 is 0.862 bits per heavy atom. The van der Waals surface area contributed by atoms with Crippen molar-refractivity contribution in [1.29, 1.82) is 0 Å². The van der Waals surface area contributed by atoms with Gasteiger partial charge in [-0.1, -0.05) is 65.1 Å². The minimum absolute atomic E-state index is 0.0154. The predicted octanol–water partition coefficient (Wildman–Crippen LogP) is 5.48. The highest BCUT2D eigenvalue weighted by atomic mass is 35.5. The molecule has 3 rings (SSSR count). The Kier molecular flexibility index (Phi) is 6.70. The lowest BCUT2D eigenvalue weighted by Gasteiger charge is -2.25. The van der Waals surface area contributed by atoms with Crippen LogP contribution in [-0.4, -0.2) is 20.9 Å². The molecule has 1 N–H and O–H groups in total. The molecule has 0 saturated heterocycles. The predicted molar refractivity (Wildman–Crippen MR) is 118 cm³/mol. The zero-order valence-electron chi connectivity index (χ0n) is 14.8. The summed E-state index contributed by atoms with van der Waals surface area (Å²) < 4.78 is 27.5. The number of nitrogens with one attached hydrogen (secondary N) is 1. The van der Waals surface area contributed by atoms with Gasteiger partial charge in [-0.25, -0.2) is 8.42 Å².